The molecule has 4 nitrogen and oxygen atoms in total. The van der Waals surface area contributed by atoms with E-state index < -0.39 is 11.8 Å². The third-order valence-corrected chi connectivity index (χ3v) is 3.02. The van der Waals surface area contributed by atoms with Crippen LogP contribution in [0, 0.1) is 5.92 Å². The zero-order valence-electron chi connectivity index (χ0n) is 9.13. The number of nitrogens with two attached hydrogens (primary N) is 1. The van der Waals surface area contributed by atoms with Gasteiger partial charge in [-0.3, -0.25) is 9.59 Å². The third-order valence-electron chi connectivity index (χ3n) is 3.02. The lowest BCUT2D eigenvalue weighted by molar-refractivity contribution is -0.137. The fourth-order valence-corrected chi connectivity index (χ4v) is 2.16. The largest absolute Gasteiger partial charge is 0.361 e. The summed E-state index contributed by atoms with van der Waals surface area (Å²) in [7, 11) is 0. The lowest BCUT2D eigenvalue weighted by atomic mass is 9.86. The second-order valence-corrected chi connectivity index (χ2v) is 4.27. The van der Waals surface area contributed by atoms with Crippen LogP contribution in [0.3, 0.4) is 0 Å². The van der Waals surface area contributed by atoms with Gasteiger partial charge in [-0.05, 0) is 18.8 Å². The molecule has 1 rings (SSSR count). The fraction of sp³-hybridized carbons (Fsp3) is 0.818. The van der Waals surface area contributed by atoms with Crippen LogP contribution in [0.2, 0.25) is 0 Å². The van der Waals surface area contributed by atoms with Crippen LogP contribution in [-0.2, 0) is 9.59 Å². The van der Waals surface area contributed by atoms with E-state index in [2.05, 4.69) is 5.32 Å². The Morgan fingerprint density at radius 2 is 1.87 bits per heavy atom. The summed E-state index contributed by atoms with van der Waals surface area (Å²) < 4.78 is 0. The standard InChI is InChI=1S/C11H20N2O2/c12-10(14)11(15)13-8-4-7-9-5-2-1-3-6-9/h9H,1-8H2,(H2,12,14)(H,13,15). The lowest BCUT2D eigenvalue weighted by Gasteiger charge is -2.21. The van der Waals surface area contributed by atoms with Crippen molar-refractivity contribution in [3.8, 4) is 0 Å². The van der Waals surface area contributed by atoms with E-state index in [9.17, 15) is 9.59 Å². The van der Waals surface area contributed by atoms with Crippen LogP contribution < -0.4 is 11.1 Å². The summed E-state index contributed by atoms with van der Waals surface area (Å²) in [5, 5.41) is 2.51. The van der Waals surface area contributed by atoms with Gasteiger partial charge in [-0.1, -0.05) is 32.1 Å². The molecule has 0 saturated heterocycles. The summed E-state index contributed by atoms with van der Waals surface area (Å²) >= 11 is 0. The topological polar surface area (TPSA) is 72.2 Å². The molecule has 1 aliphatic rings. The summed E-state index contributed by atoms with van der Waals surface area (Å²) in [5.41, 5.74) is 4.81. The minimum atomic E-state index is -0.896. The van der Waals surface area contributed by atoms with Crippen LogP contribution in [0.15, 0.2) is 0 Å². The highest BCUT2D eigenvalue weighted by molar-refractivity contribution is 6.34. The Hall–Kier alpha value is -1.06. The van der Waals surface area contributed by atoms with Crippen LogP contribution >= 0.6 is 0 Å². The van der Waals surface area contributed by atoms with Crippen molar-refractivity contribution in [3.05, 3.63) is 0 Å². The molecule has 2 amide bonds. The molecule has 0 aromatic carbocycles. The molecule has 1 fully saturated rings. The summed E-state index contributed by atoms with van der Waals surface area (Å²) in [6, 6.07) is 0. The number of amides is 2. The van der Waals surface area contributed by atoms with Crippen molar-refractivity contribution in [2.24, 2.45) is 11.7 Å². The van der Waals surface area contributed by atoms with E-state index in [1.165, 1.54) is 32.1 Å². The summed E-state index contributed by atoms with van der Waals surface area (Å²) in [6.45, 7) is 0.568. The maximum Gasteiger partial charge on any atom is 0.309 e. The molecule has 0 aromatic heterocycles. The molecular weight excluding hydrogens is 192 g/mol. The first kappa shape index (κ1) is 12.0. The van der Waals surface area contributed by atoms with Gasteiger partial charge in [0, 0.05) is 6.54 Å². The number of nitrogens with one attached hydrogen (secondary N) is 1. The number of rotatable bonds is 4. The second-order valence-electron chi connectivity index (χ2n) is 4.27. The maximum atomic E-state index is 10.8. The molecule has 0 unspecified atom stereocenters. The van der Waals surface area contributed by atoms with Gasteiger partial charge < -0.3 is 11.1 Å². The number of carbonyl (C=O) groups excluding carboxylic acids is 2. The third kappa shape index (κ3) is 4.81. The van der Waals surface area contributed by atoms with Crippen LogP contribution in [0.1, 0.15) is 44.9 Å². The molecule has 0 atom stereocenters. The average molecular weight is 212 g/mol. The van der Waals surface area contributed by atoms with Crippen LogP contribution in [0.25, 0.3) is 0 Å². The smallest absolute Gasteiger partial charge is 0.309 e. The molecule has 15 heavy (non-hydrogen) atoms. The van der Waals surface area contributed by atoms with Gasteiger partial charge in [-0.2, -0.15) is 0 Å². The molecular formula is C11H20N2O2. The monoisotopic (exact) mass is 212 g/mol. The Morgan fingerprint density at radius 3 is 2.47 bits per heavy atom. The Labute approximate surface area is 90.6 Å². The Balaban J connectivity index is 2.01. The Morgan fingerprint density at radius 1 is 1.20 bits per heavy atom. The normalized spacial score (nSPS) is 17.3. The highest BCUT2D eigenvalue weighted by Crippen LogP contribution is 2.26. The zero-order chi connectivity index (χ0) is 11.1. The van der Waals surface area contributed by atoms with Crippen molar-refractivity contribution < 1.29 is 9.59 Å². The quantitative estimate of drug-likeness (QED) is 0.538. The van der Waals surface area contributed by atoms with Crippen molar-refractivity contribution in [2.75, 3.05) is 6.54 Å². The molecule has 0 heterocycles. The zero-order valence-corrected chi connectivity index (χ0v) is 9.13. The van der Waals surface area contributed by atoms with E-state index >= 15 is 0 Å². The van der Waals surface area contributed by atoms with Gasteiger partial charge in [-0.25, -0.2) is 0 Å². The molecule has 0 bridgehead atoms. The van der Waals surface area contributed by atoms with Gasteiger partial charge in [0.15, 0.2) is 0 Å². The molecule has 0 radical (unpaired) electrons. The van der Waals surface area contributed by atoms with Gasteiger partial charge in [0.1, 0.15) is 0 Å². The number of hydrogen-bond acceptors (Lipinski definition) is 2. The molecule has 1 saturated carbocycles. The number of hydrogen-bond donors (Lipinski definition) is 2. The van der Waals surface area contributed by atoms with Crippen LogP contribution in [0.4, 0.5) is 0 Å². The van der Waals surface area contributed by atoms with Crippen LogP contribution in [0.5, 0.6) is 0 Å². The van der Waals surface area contributed by atoms with Gasteiger partial charge in [-0.15, -0.1) is 0 Å². The predicted molar refractivity (Wildman–Crippen MR) is 58.0 cm³/mol. The predicted octanol–water partition coefficient (Wildman–Crippen LogP) is 0.948. The molecule has 4 heteroatoms. The van der Waals surface area contributed by atoms with Gasteiger partial charge in [0.25, 0.3) is 0 Å². The summed E-state index contributed by atoms with van der Waals surface area (Å²) in [6.07, 6.45) is 8.81. The lowest BCUT2D eigenvalue weighted by Crippen LogP contribution is -2.36. The Kier molecular flexibility index (Phi) is 5.15. The van der Waals surface area contributed by atoms with E-state index in [0.29, 0.717) is 6.54 Å². The summed E-state index contributed by atoms with van der Waals surface area (Å²) in [5.74, 6) is -0.740. The number of primary amides is 1. The Bertz CT molecular complexity index is 223. The summed E-state index contributed by atoms with van der Waals surface area (Å²) in [4.78, 5) is 21.2. The molecule has 0 spiro atoms. The van der Waals surface area contributed by atoms with Crippen molar-refractivity contribution >= 4 is 11.8 Å². The van der Waals surface area contributed by atoms with Crippen molar-refractivity contribution in [1.82, 2.24) is 5.32 Å². The van der Waals surface area contributed by atoms with E-state index in [1.807, 2.05) is 0 Å². The average Bonchev–Trinajstić information content (AvgIpc) is 2.25. The highest BCUT2D eigenvalue weighted by atomic mass is 16.2. The van der Waals surface area contributed by atoms with E-state index in [4.69, 9.17) is 5.73 Å². The molecule has 1 aliphatic carbocycles. The molecule has 3 N–H and O–H groups in total. The molecule has 86 valence electrons. The first-order valence-electron chi connectivity index (χ1n) is 5.78. The van der Waals surface area contributed by atoms with Gasteiger partial charge >= 0.3 is 11.8 Å². The van der Waals surface area contributed by atoms with Crippen molar-refractivity contribution in [3.63, 3.8) is 0 Å². The first-order valence-corrected chi connectivity index (χ1v) is 5.78. The SMILES string of the molecule is NC(=O)C(=O)NCCCC1CCCCC1. The molecule has 0 aromatic rings. The van der Waals surface area contributed by atoms with E-state index in [1.54, 1.807) is 0 Å². The molecule has 0 aliphatic heterocycles. The maximum absolute atomic E-state index is 10.8. The van der Waals surface area contributed by atoms with Crippen molar-refractivity contribution in [2.45, 2.75) is 44.9 Å². The fourth-order valence-electron chi connectivity index (χ4n) is 2.16. The minimum absolute atomic E-state index is 0.568. The highest BCUT2D eigenvalue weighted by Gasteiger charge is 2.13. The van der Waals surface area contributed by atoms with Gasteiger partial charge in [0.05, 0.1) is 0 Å². The second kappa shape index (κ2) is 6.43. The van der Waals surface area contributed by atoms with E-state index in [0.717, 1.165) is 18.8 Å². The van der Waals surface area contributed by atoms with Crippen molar-refractivity contribution in [1.29, 1.82) is 0 Å². The van der Waals surface area contributed by atoms with Gasteiger partial charge in [0.2, 0.25) is 0 Å². The first-order chi connectivity index (χ1) is 7.20. The van der Waals surface area contributed by atoms with E-state index in [-0.39, 0.29) is 0 Å². The van der Waals surface area contributed by atoms with Crippen LogP contribution in [-0.4, -0.2) is 18.4 Å². The number of carbonyl (C=O) groups is 2. The minimum Gasteiger partial charge on any atom is -0.361 e.